The predicted octanol–water partition coefficient (Wildman–Crippen LogP) is 11.7. The lowest BCUT2D eigenvalue weighted by molar-refractivity contribution is 0.122. The van der Waals surface area contributed by atoms with Crippen LogP contribution in [-0.2, 0) is 15.8 Å². The summed E-state index contributed by atoms with van der Waals surface area (Å²) in [4.78, 5) is 2.34. The third kappa shape index (κ3) is 5.68. The first kappa shape index (κ1) is 36.1. The molecule has 3 aliphatic rings. The van der Waals surface area contributed by atoms with Crippen molar-refractivity contribution >= 4 is 22.5 Å². The van der Waals surface area contributed by atoms with Crippen LogP contribution in [0.4, 0.5) is 10.1 Å². The largest absolute Gasteiger partial charge is 0.497 e. The van der Waals surface area contributed by atoms with Crippen LogP contribution < -0.4 is 19.1 Å². The lowest BCUT2D eigenvalue weighted by Gasteiger charge is -2.40. The highest BCUT2D eigenvalue weighted by atomic mass is 19.1. The van der Waals surface area contributed by atoms with Crippen molar-refractivity contribution in [2.45, 2.75) is 50.5 Å². The summed E-state index contributed by atoms with van der Waals surface area (Å²) in [5.74, 6) is 1.35. The molecule has 2 aliphatic heterocycles. The number of halogens is 1. The van der Waals surface area contributed by atoms with E-state index in [0.29, 0.717) is 18.8 Å². The van der Waals surface area contributed by atoms with Crippen LogP contribution in [0.15, 0.2) is 115 Å². The van der Waals surface area contributed by atoms with Crippen molar-refractivity contribution in [3.8, 4) is 39.5 Å². The molecule has 1 atom stereocenters. The number of anilines is 1. The predicted molar refractivity (Wildman–Crippen MR) is 225 cm³/mol. The Morgan fingerprint density at radius 2 is 1.48 bits per heavy atom. The van der Waals surface area contributed by atoms with E-state index in [2.05, 4.69) is 116 Å². The minimum atomic E-state index is -1.13. The van der Waals surface area contributed by atoms with Gasteiger partial charge in [0.2, 0.25) is 0 Å². The first-order valence-corrected chi connectivity index (χ1v) is 20.0. The maximum atomic E-state index is 15.8. The molecule has 0 amide bonds. The maximum Gasteiger partial charge on any atom is 0.178 e. The number of hydrogen-bond donors (Lipinski definition) is 0. The van der Waals surface area contributed by atoms with Crippen LogP contribution >= 0.6 is 0 Å². The molecule has 0 radical (unpaired) electrons. The fourth-order valence-corrected chi connectivity index (χ4v) is 9.74. The number of nitrogens with zero attached hydrogens (tertiary/aromatic N) is 1. The fourth-order valence-electron chi connectivity index (χ4n) is 9.74. The van der Waals surface area contributed by atoms with Gasteiger partial charge in [0.05, 0.1) is 27.4 Å². The van der Waals surface area contributed by atoms with Crippen LogP contribution in [0.1, 0.15) is 67.3 Å². The summed E-state index contributed by atoms with van der Waals surface area (Å²) in [5.41, 5.74) is 10.1. The Balaban J connectivity index is 1.31. The second kappa shape index (κ2) is 14.5. The average Bonchev–Trinajstić information content (AvgIpc) is 3.53. The van der Waals surface area contributed by atoms with Crippen LogP contribution in [0.25, 0.3) is 39.1 Å². The number of fused-ring (bicyclic) bond motifs is 8. The highest BCUT2D eigenvalue weighted by molar-refractivity contribution is 6.09. The van der Waals surface area contributed by atoms with Gasteiger partial charge < -0.3 is 23.8 Å². The molecule has 0 N–H and O–H groups in total. The quantitative estimate of drug-likeness (QED) is 0.140. The molecule has 0 bridgehead atoms. The van der Waals surface area contributed by atoms with E-state index in [1.807, 2.05) is 12.1 Å². The van der Waals surface area contributed by atoms with Crippen molar-refractivity contribution in [3.63, 3.8) is 0 Å². The Kier molecular flexibility index (Phi) is 9.33. The molecule has 9 rings (SSSR count). The van der Waals surface area contributed by atoms with Crippen LogP contribution in [0.3, 0.4) is 0 Å². The van der Waals surface area contributed by atoms with E-state index in [1.165, 1.54) is 40.5 Å². The third-order valence-electron chi connectivity index (χ3n) is 12.2. The average molecular weight is 746 g/mol. The van der Waals surface area contributed by atoms with Crippen molar-refractivity contribution in [1.82, 2.24) is 0 Å². The zero-order chi connectivity index (χ0) is 38.4. The number of morpholine rings is 1. The Hall–Kier alpha value is -5.59. The van der Waals surface area contributed by atoms with E-state index >= 15 is 4.39 Å². The highest BCUT2D eigenvalue weighted by Crippen LogP contribution is 2.61. The van der Waals surface area contributed by atoms with E-state index in [9.17, 15) is 0 Å². The van der Waals surface area contributed by atoms with Gasteiger partial charge in [0.1, 0.15) is 11.5 Å². The molecule has 1 fully saturated rings. The number of ether oxygens (including phenoxy) is 4. The SMILES string of the molecule is CCCC1(CCC)c2cc(-c3ccccc3)ccc2-c2c1c1c(c3ccc(OC)cc23)OC(c2ccc(N3CCOCC3)cc2)(c2ccc(OC)c(F)c2)C=C1. The molecule has 0 spiro atoms. The van der Waals surface area contributed by atoms with Crippen LogP contribution in [0, 0.1) is 5.82 Å². The summed E-state index contributed by atoms with van der Waals surface area (Å²) < 4.78 is 40.2. The Labute approximate surface area is 329 Å². The molecule has 56 heavy (non-hydrogen) atoms. The van der Waals surface area contributed by atoms with E-state index in [-0.39, 0.29) is 11.2 Å². The summed E-state index contributed by atoms with van der Waals surface area (Å²) >= 11 is 0. The van der Waals surface area contributed by atoms with E-state index in [1.54, 1.807) is 19.2 Å². The van der Waals surface area contributed by atoms with Gasteiger partial charge in [0, 0.05) is 46.3 Å². The zero-order valence-electron chi connectivity index (χ0n) is 32.7. The smallest absolute Gasteiger partial charge is 0.178 e. The summed E-state index contributed by atoms with van der Waals surface area (Å²) in [6.45, 7) is 7.68. The molecule has 6 heteroatoms. The summed E-state index contributed by atoms with van der Waals surface area (Å²) in [6.07, 6.45) is 8.45. The molecule has 5 nitrogen and oxygen atoms in total. The summed E-state index contributed by atoms with van der Waals surface area (Å²) in [5, 5.41) is 2.09. The molecular weight excluding hydrogens is 698 g/mol. The molecule has 1 aliphatic carbocycles. The van der Waals surface area contributed by atoms with Gasteiger partial charge in [-0.05, 0) is 106 Å². The van der Waals surface area contributed by atoms with Crippen molar-refractivity contribution in [1.29, 1.82) is 0 Å². The summed E-state index contributed by atoms with van der Waals surface area (Å²) in [6, 6.07) is 37.8. The van der Waals surface area contributed by atoms with Gasteiger partial charge in [0.15, 0.2) is 17.2 Å². The molecule has 0 saturated carbocycles. The second-order valence-electron chi connectivity index (χ2n) is 15.3. The van der Waals surface area contributed by atoms with Crippen LogP contribution in [-0.4, -0.2) is 40.5 Å². The number of benzene rings is 6. The molecule has 1 unspecified atom stereocenters. The monoisotopic (exact) mass is 745 g/mol. The lowest BCUT2D eigenvalue weighted by atomic mass is 9.69. The van der Waals surface area contributed by atoms with Gasteiger partial charge in [-0.3, -0.25) is 0 Å². The molecule has 1 saturated heterocycles. The minimum Gasteiger partial charge on any atom is -0.497 e. The van der Waals surface area contributed by atoms with Gasteiger partial charge in [-0.1, -0.05) is 93.4 Å². The highest BCUT2D eigenvalue weighted by Gasteiger charge is 2.48. The van der Waals surface area contributed by atoms with Crippen molar-refractivity contribution in [2.24, 2.45) is 0 Å². The van der Waals surface area contributed by atoms with E-state index in [4.69, 9.17) is 18.9 Å². The Morgan fingerprint density at radius 3 is 2.18 bits per heavy atom. The van der Waals surface area contributed by atoms with Gasteiger partial charge in [-0.15, -0.1) is 0 Å². The van der Waals surface area contributed by atoms with Gasteiger partial charge in [0.25, 0.3) is 0 Å². The van der Waals surface area contributed by atoms with Gasteiger partial charge >= 0.3 is 0 Å². The first-order chi connectivity index (χ1) is 27.4. The Bertz CT molecular complexity index is 2450. The van der Waals surface area contributed by atoms with E-state index in [0.717, 1.165) is 77.9 Å². The first-order valence-electron chi connectivity index (χ1n) is 20.0. The Morgan fingerprint density at radius 1 is 0.732 bits per heavy atom. The topological polar surface area (TPSA) is 40.2 Å². The normalized spacial score (nSPS) is 17.9. The van der Waals surface area contributed by atoms with Gasteiger partial charge in [-0.25, -0.2) is 4.39 Å². The van der Waals surface area contributed by atoms with Crippen molar-refractivity contribution < 1.29 is 23.3 Å². The molecule has 6 aromatic carbocycles. The third-order valence-corrected chi connectivity index (χ3v) is 12.2. The standard InChI is InChI=1S/C50H48FNO4/c1-5-23-49(24-6-2)43-30-34(33-10-8-7-9-11-33)12-19-40(43)46-42-32-38(53-3)18-20-39(42)48-41(47(46)49)22-25-50(56-48,36-15-21-45(54-4)44(51)31-36)35-13-16-37(17-14-35)52-26-28-55-29-27-52/h7-22,25,30-32H,5-6,23-24,26-29H2,1-4H3. The second-order valence-corrected chi connectivity index (χ2v) is 15.3. The molecule has 0 aromatic heterocycles. The number of methoxy groups -OCH3 is 2. The van der Waals surface area contributed by atoms with Crippen LogP contribution in [0.5, 0.6) is 17.2 Å². The maximum absolute atomic E-state index is 15.8. The van der Waals surface area contributed by atoms with Crippen LogP contribution in [0.2, 0.25) is 0 Å². The number of hydrogen-bond acceptors (Lipinski definition) is 5. The minimum absolute atomic E-state index is 0.193. The lowest BCUT2D eigenvalue weighted by Crippen LogP contribution is -2.37. The van der Waals surface area contributed by atoms with Crippen molar-refractivity contribution in [2.75, 3.05) is 45.4 Å². The fraction of sp³-hybridized carbons (Fsp3) is 0.280. The molecular formula is C50H48FNO4. The van der Waals surface area contributed by atoms with Gasteiger partial charge in [-0.2, -0.15) is 0 Å². The van der Waals surface area contributed by atoms with Crippen molar-refractivity contribution in [3.05, 3.63) is 149 Å². The molecule has 284 valence electrons. The van der Waals surface area contributed by atoms with E-state index < -0.39 is 11.4 Å². The molecule has 6 aromatic rings. The zero-order valence-corrected chi connectivity index (χ0v) is 32.7. The summed E-state index contributed by atoms with van der Waals surface area (Å²) in [7, 11) is 3.22. The number of rotatable bonds is 10. The molecule has 2 heterocycles.